The van der Waals surface area contributed by atoms with E-state index in [1.807, 2.05) is 34.9 Å². The smallest absolute Gasteiger partial charge is 0.205 e. The van der Waals surface area contributed by atoms with E-state index >= 15 is 0 Å². The summed E-state index contributed by atoms with van der Waals surface area (Å²) < 4.78 is 3.23. The minimum absolute atomic E-state index is 0.686. The molecular weight excluding hydrogens is 298 g/mol. The van der Waals surface area contributed by atoms with Crippen molar-refractivity contribution in [2.45, 2.75) is 0 Å². The number of benzene rings is 1. The van der Waals surface area contributed by atoms with Gasteiger partial charge in [-0.3, -0.25) is 4.57 Å². The molecule has 1 heterocycles. The highest BCUT2D eigenvalue weighted by Gasteiger charge is 2.07. The summed E-state index contributed by atoms with van der Waals surface area (Å²) in [5.41, 5.74) is 1.02. The second kappa shape index (κ2) is 3.59. The third-order valence-corrected chi connectivity index (χ3v) is 2.62. The van der Waals surface area contributed by atoms with E-state index in [1.165, 1.54) is 0 Å². The van der Waals surface area contributed by atoms with Crippen LogP contribution in [0.25, 0.3) is 5.69 Å². The summed E-state index contributed by atoms with van der Waals surface area (Å²) in [5, 5.41) is 7.75. The van der Waals surface area contributed by atoms with E-state index in [1.54, 1.807) is 0 Å². The Balaban J connectivity index is 2.59. The maximum absolute atomic E-state index is 3.88. The molecule has 0 N–H and O–H groups in total. The van der Waals surface area contributed by atoms with E-state index in [0.29, 0.717) is 9.47 Å². The van der Waals surface area contributed by atoms with Gasteiger partial charge in [-0.15, -0.1) is 10.2 Å². The summed E-state index contributed by atoms with van der Waals surface area (Å²) in [7, 11) is 0. The monoisotopic (exact) mass is 301 g/mol. The van der Waals surface area contributed by atoms with Gasteiger partial charge in [0, 0.05) is 0 Å². The molecule has 0 aliphatic carbocycles. The van der Waals surface area contributed by atoms with Crippen LogP contribution in [0.1, 0.15) is 0 Å². The highest BCUT2D eigenvalue weighted by atomic mass is 79.9. The van der Waals surface area contributed by atoms with Gasteiger partial charge in [0.25, 0.3) is 0 Å². The number of para-hydroxylation sites is 1. The van der Waals surface area contributed by atoms with Crippen molar-refractivity contribution in [1.29, 1.82) is 0 Å². The fourth-order valence-electron chi connectivity index (χ4n) is 1.04. The minimum Gasteiger partial charge on any atom is -0.264 e. The summed E-state index contributed by atoms with van der Waals surface area (Å²) in [5.74, 6) is 0. The first-order valence-electron chi connectivity index (χ1n) is 3.61. The Morgan fingerprint density at radius 3 is 2.00 bits per heavy atom. The average Bonchev–Trinajstić information content (AvgIpc) is 2.48. The van der Waals surface area contributed by atoms with Crippen LogP contribution in [0.2, 0.25) is 0 Å². The van der Waals surface area contributed by atoms with Crippen molar-refractivity contribution in [2.75, 3.05) is 0 Å². The fraction of sp³-hybridized carbons (Fsp3) is 0. The summed E-state index contributed by atoms with van der Waals surface area (Å²) in [6.07, 6.45) is 0. The maximum atomic E-state index is 3.88. The van der Waals surface area contributed by atoms with Gasteiger partial charge < -0.3 is 0 Å². The predicted octanol–water partition coefficient (Wildman–Crippen LogP) is 2.79. The van der Waals surface area contributed by atoms with Gasteiger partial charge in [0.15, 0.2) is 0 Å². The third kappa shape index (κ3) is 1.66. The van der Waals surface area contributed by atoms with E-state index in [9.17, 15) is 0 Å². The van der Waals surface area contributed by atoms with Gasteiger partial charge in [0.2, 0.25) is 9.47 Å². The summed E-state index contributed by atoms with van der Waals surface area (Å²) >= 11 is 6.63. The fourth-order valence-corrected chi connectivity index (χ4v) is 2.18. The molecule has 0 unspecified atom stereocenters. The lowest BCUT2D eigenvalue weighted by Gasteiger charge is -2.02. The van der Waals surface area contributed by atoms with Crippen molar-refractivity contribution >= 4 is 31.9 Å². The van der Waals surface area contributed by atoms with Gasteiger partial charge in [-0.25, -0.2) is 0 Å². The van der Waals surface area contributed by atoms with Crippen LogP contribution in [-0.2, 0) is 0 Å². The van der Waals surface area contributed by atoms with Crippen LogP contribution < -0.4 is 0 Å². The van der Waals surface area contributed by atoms with E-state index < -0.39 is 0 Å². The number of hydrogen-bond donors (Lipinski definition) is 0. The molecule has 3 nitrogen and oxygen atoms in total. The van der Waals surface area contributed by atoms with Crippen molar-refractivity contribution in [1.82, 2.24) is 14.8 Å². The van der Waals surface area contributed by atoms with E-state index in [2.05, 4.69) is 42.1 Å². The van der Waals surface area contributed by atoms with Crippen LogP contribution >= 0.6 is 31.9 Å². The molecule has 1 aromatic carbocycles. The molecule has 2 rings (SSSR count). The Kier molecular flexibility index (Phi) is 2.46. The lowest BCUT2D eigenvalue weighted by atomic mass is 10.3. The standard InChI is InChI=1S/C8H5Br2N3/c9-7-11-12-8(10)13(7)6-4-2-1-3-5-6/h1-5H. The summed E-state index contributed by atoms with van der Waals surface area (Å²) in [4.78, 5) is 0. The zero-order valence-electron chi connectivity index (χ0n) is 6.48. The number of halogens is 2. The van der Waals surface area contributed by atoms with Crippen LogP contribution in [0.5, 0.6) is 0 Å². The van der Waals surface area contributed by atoms with Crippen LogP contribution in [0.4, 0.5) is 0 Å². The molecular formula is C8H5Br2N3. The van der Waals surface area contributed by atoms with Crippen molar-refractivity contribution in [3.05, 3.63) is 39.8 Å². The molecule has 0 bridgehead atoms. The Morgan fingerprint density at radius 2 is 1.46 bits per heavy atom. The first kappa shape index (κ1) is 8.90. The molecule has 0 aliphatic rings. The van der Waals surface area contributed by atoms with Crippen molar-refractivity contribution in [2.24, 2.45) is 0 Å². The second-order valence-corrected chi connectivity index (χ2v) is 3.83. The van der Waals surface area contributed by atoms with Crippen molar-refractivity contribution in [3.8, 4) is 5.69 Å². The molecule has 0 fully saturated rings. The van der Waals surface area contributed by atoms with Gasteiger partial charge in [-0.05, 0) is 44.0 Å². The van der Waals surface area contributed by atoms with Crippen LogP contribution in [0.15, 0.2) is 39.8 Å². The lowest BCUT2D eigenvalue weighted by molar-refractivity contribution is 0.990. The highest BCUT2D eigenvalue weighted by molar-refractivity contribution is 9.11. The lowest BCUT2D eigenvalue weighted by Crippen LogP contribution is -1.93. The van der Waals surface area contributed by atoms with Gasteiger partial charge in [-0.2, -0.15) is 0 Å². The number of aromatic nitrogens is 3. The Labute approximate surface area is 92.1 Å². The Bertz CT molecular complexity index is 391. The molecule has 13 heavy (non-hydrogen) atoms. The molecule has 0 aliphatic heterocycles. The van der Waals surface area contributed by atoms with E-state index in [0.717, 1.165) is 5.69 Å². The second-order valence-electron chi connectivity index (χ2n) is 2.41. The van der Waals surface area contributed by atoms with Gasteiger partial charge in [0.05, 0.1) is 5.69 Å². The van der Waals surface area contributed by atoms with Crippen LogP contribution in [-0.4, -0.2) is 14.8 Å². The van der Waals surface area contributed by atoms with Gasteiger partial charge in [-0.1, -0.05) is 18.2 Å². The molecule has 0 saturated heterocycles. The Morgan fingerprint density at radius 1 is 0.923 bits per heavy atom. The first-order chi connectivity index (χ1) is 6.29. The molecule has 0 amide bonds. The maximum Gasteiger partial charge on any atom is 0.205 e. The highest BCUT2D eigenvalue weighted by Crippen LogP contribution is 2.20. The van der Waals surface area contributed by atoms with Crippen molar-refractivity contribution in [3.63, 3.8) is 0 Å². The zero-order chi connectivity index (χ0) is 9.26. The molecule has 66 valence electrons. The van der Waals surface area contributed by atoms with Gasteiger partial charge in [0.1, 0.15) is 0 Å². The predicted molar refractivity (Wildman–Crippen MR) is 56.8 cm³/mol. The van der Waals surface area contributed by atoms with Gasteiger partial charge >= 0.3 is 0 Å². The molecule has 1 aromatic heterocycles. The molecule has 2 aromatic rings. The van der Waals surface area contributed by atoms with E-state index in [4.69, 9.17) is 0 Å². The molecule has 5 heteroatoms. The Hall–Kier alpha value is -0.680. The van der Waals surface area contributed by atoms with E-state index in [-0.39, 0.29) is 0 Å². The molecule has 0 saturated carbocycles. The first-order valence-corrected chi connectivity index (χ1v) is 5.19. The summed E-state index contributed by atoms with van der Waals surface area (Å²) in [6, 6.07) is 9.87. The summed E-state index contributed by atoms with van der Waals surface area (Å²) in [6.45, 7) is 0. The zero-order valence-corrected chi connectivity index (χ0v) is 9.66. The van der Waals surface area contributed by atoms with Crippen LogP contribution in [0, 0.1) is 0 Å². The normalized spacial score (nSPS) is 10.3. The number of hydrogen-bond acceptors (Lipinski definition) is 2. The molecule has 0 spiro atoms. The molecule has 0 radical (unpaired) electrons. The molecule has 0 atom stereocenters. The SMILES string of the molecule is Brc1nnc(Br)n1-c1ccccc1. The minimum atomic E-state index is 0.686. The van der Waals surface area contributed by atoms with Crippen molar-refractivity contribution < 1.29 is 0 Å². The van der Waals surface area contributed by atoms with Crippen LogP contribution in [0.3, 0.4) is 0 Å². The number of rotatable bonds is 1. The quantitative estimate of drug-likeness (QED) is 0.811. The topological polar surface area (TPSA) is 30.7 Å². The average molecular weight is 303 g/mol. The third-order valence-electron chi connectivity index (χ3n) is 1.60. The number of nitrogens with zero attached hydrogens (tertiary/aromatic N) is 3. The largest absolute Gasteiger partial charge is 0.264 e.